The lowest BCUT2D eigenvalue weighted by molar-refractivity contribution is -0.384. The number of benzene rings is 1. The van der Waals surface area contributed by atoms with Gasteiger partial charge in [-0.05, 0) is 46.7 Å². The number of rotatable bonds is 6. The predicted molar refractivity (Wildman–Crippen MR) is 94.7 cm³/mol. The molecule has 128 valence electrons. The monoisotopic (exact) mass is 376 g/mol. The lowest BCUT2D eigenvalue weighted by Crippen LogP contribution is -2.29. The van der Waals surface area contributed by atoms with Crippen molar-refractivity contribution in [3.05, 3.63) is 85.4 Å². The molecule has 0 saturated carbocycles. The molecule has 2 heterocycles. The van der Waals surface area contributed by atoms with Crippen LogP contribution >= 0.6 is 22.9 Å². The van der Waals surface area contributed by atoms with Gasteiger partial charge in [-0.1, -0.05) is 11.6 Å². The van der Waals surface area contributed by atoms with E-state index in [1.807, 2.05) is 16.8 Å². The molecule has 2 aromatic heterocycles. The number of hydrogen-bond acceptors (Lipinski definition) is 5. The van der Waals surface area contributed by atoms with Gasteiger partial charge in [0.25, 0.3) is 11.6 Å². The van der Waals surface area contributed by atoms with E-state index < -0.39 is 4.92 Å². The summed E-state index contributed by atoms with van der Waals surface area (Å²) in [5, 5.41) is 14.9. The van der Waals surface area contributed by atoms with E-state index in [0.717, 1.165) is 5.56 Å². The summed E-state index contributed by atoms with van der Waals surface area (Å²) in [5.74, 6) is 0.300. The summed E-state index contributed by atoms with van der Waals surface area (Å²) in [4.78, 5) is 24.9. The van der Waals surface area contributed by atoms with Crippen LogP contribution < -0.4 is 0 Å². The number of thiophene rings is 1. The summed E-state index contributed by atoms with van der Waals surface area (Å²) in [6.45, 7) is 0.636. The van der Waals surface area contributed by atoms with Crippen molar-refractivity contribution >= 4 is 34.5 Å². The lowest BCUT2D eigenvalue weighted by Gasteiger charge is -2.21. The molecule has 0 saturated heterocycles. The fraction of sp³-hybridized carbons (Fsp3) is 0.118. The molecule has 0 aliphatic rings. The first-order valence-electron chi connectivity index (χ1n) is 7.31. The Morgan fingerprint density at radius 1 is 1.28 bits per heavy atom. The lowest BCUT2D eigenvalue weighted by atomic mass is 10.1. The minimum Gasteiger partial charge on any atom is -0.467 e. The fourth-order valence-electron chi connectivity index (χ4n) is 2.36. The topological polar surface area (TPSA) is 76.6 Å². The zero-order chi connectivity index (χ0) is 17.8. The molecule has 0 radical (unpaired) electrons. The van der Waals surface area contributed by atoms with Crippen molar-refractivity contribution in [3.63, 3.8) is 0 Å². The Morgan fingerprint density at radius 3 is 2.76 bits per heavy atom. The molecule has 8 heteroatoms. The van der Waals surface area contributed by atoms with Gasteiger partial charge >= 0.3 is 0 Å². The van der Waals surface area contributed by atoms with E-state index in [2.05, 4.69) is 0 Å². The highest BCUT2D eigenvalue weighted by Crippen LogP contribution is 2.26. The minimum absolute atomic E-state index is 0.00281. The molecular weight excluding hydrogens is 364 g/mol. The Labute approximate surface area is 152 Å². The molecule has 6 nitrogen and oxygen atoms in total. The van der Waals surface area contributed by atoms with Gasteiger partial charge in [0, 0.05) is 18.2 Å². The fourth-order valence-corrected chi connectivity index (χ4v) is 3.21. The van der Waals surface area contributed by atoms with E-state index in [-0.39, 0.29) is 28.7 Å². The van der Waals surface area contributed by atoms with Gasteiger partial charge in [0.1, 0.15) is 10.8 Å². The molecule has 25 heavy (non-hydrogen) atoms. The molecule has 0 spiro atoms. The van der Waals surface area contributed by atoms with Gasteiger partial charge in [0.05, 0.1) is 17.7 Å². The van der Waals surface area contributed by atoms with Crippen LogP contribution in [0.5, 0.6) is 0 Å². The maximum Gasteiger partial charge on any atom is 0.288 e. The summed E-state index contributed by atoms with van der Waals surface area (Å²) in [7, 11) is 0. The predicted octanol–water partition coefficient (Wildman–Crippen LogP) is 4.75. The third-order valence-electron chi connectivity index (χ3n) is 3.56. The van der Waals surface area contributed by atoms with Crippen molar-refractivity contribution in [2.45, 2.75) is 13.1 Å². The van der Waals surface area contributed by atoms with Crippen molar-refractivity contribution in [2.75, 3.05) is 0 Å². The van der Waals surface area contributed by atoms with Crippen LogP contribution in [0.15, 0.2) is 57.8 Å². The highest BCUT2D eigenvalue weighted by molar-refractivity contribution is 7.07. The summed E-state index contributed by atoms with van der Waals surface area (Å²) in [6, 6.07) is 9.50. The van der Waals surface area contributed by atoms with Crippen LogP contribution in [0.1, 0.15) is 21.7 Å². The van der Waals surface area contributed by atoms with Crippen LogP contribution in [0, 0.1) is 10.1 Å². The van der Waals surface area contributed by atoms with Crippen molar-refractivity contribution in [1.82, 2.24) is 4.90 Å². The van der Waals surface area contributed by atoms with Crippen LogP contribution in [0.4, 0.5) is 5.69 Å². The van der Waals surface area contributed by atoms with E-state index >= 15 is 0 Å². The molecule has 0 N–H and O–H groups in total. The second kappa shape index (κ2) is 7.50. The second-order valence-electron chi connectivity index (χ2n) is 5.30. The van der Waals surface area contributed by atoms with E-state index in [9.17, 15) is 14.9 Å². The molecule has 0 aliphatic heterocycles. The number of amides is 1. The van der Waals surface area contributed by atoms with Crippen LogP contribution in [0.2, 0.25) is 5.02 Å². The first kappa shape index (κ1) is 17.2. The van der Waals surface area contributed by atoms with Gasteiger partial charge in [-0.25, -0.2) is 0 Å². The van der Waals surface area contributed by atoms with Crippen molar-refractivity contribution in [1.29, 1.82) is 0 Å². The smallest absolute Gasteiger partial charge is 0.288 e. The average molecular weight is 377 g/mol. The second-order valence-corrected chi connectivity index (χ2v) is 6.48. The van der Waals surface area contributed by atoms with E-state index in [1.54, 1.807) is 17.0 Å². The molecule has 0 atom stereocenters. The zero-order valence-electron chi connectivity index (χ0n) is 12.9. The molecule has 1 aromatic carbocycles. The average Bonchev–Trinajstić information content (AvgIpc) is 3.27. The summed E-state index contributed by atoms with van der Waals surface area (Å²) in [6.07, 6.45) is 1.54. The standard InChI is InChI=1S/C17H13ClN2O4S/c18-15-4-3-13(8-16(15)20(22)23)17(21)19(9-12-5-7-25-11-12)10-14-2-1-6-24-14/h1-8,11H,9-10H2. The van der Waals surface area contributed by atoms with Crippen LogP contribution in [-0.4, -0.2) is 15.7 Å². The zero-order valence-corrected chi connectivity index (χ0v) is 14.5. The summed E-state index contributed by atoms with van der Waals surface area (Å²) in [5.41, 5.74) is 0.896. The van der Waals surface area contributed by atoms with Gasteiger partial charge in [0.2, 0.25) is 0 Å². The number of nitro benzene ring substituents is 1. The number of hydrogen-bond donors (Lipinski definition) is 0. The normalized spacial score (nSPS) is 10.6. The van der Waals surface area contributed by atoms with Gasteiger partial charge in [-0.3, -0.25) is 14.9 Å². The Bertz CT molecular complexity index is 842. The minimum atomic E-state index is -0.602. The van der Waals surface area contributed by atoms with Gasteiger partial charge < -0.3 is 9.32 Å². The number of nitro groups is 1. The number of carbonyl (C=O) groups is 1. The Balaban J connectivity index is 1.90. The van der Waals surface area contributed by atoms with Crippen molar-refractivity contribution in [2.24, 2.45) is 0 Å². The maximum atomic E-state index is 12.9. The highest BCUT2D eigenvalue weighted by Gasteiger charge is 2.22. The number of nitrogens with zero attached hydrogens (tertiary/aromatic N) is 2. The van der Waals surface area contributed by atoms with Gasteiger partial charge in [-0.2, -0.15) is 11.3 Å². The third kappa shape index (κ3) is 4.07. The van der Waals surface area contributed by atoms with Gasteiger partial charge in [-0.15, -0.1) is 0 Å². The largest absolute Gasteiger partial charge is 0.467 e. The first-order chi connectivity index (χ1) is 12.0. The van der Waals surface area contributed by atoms with Crippen molar-refractivity contribution in [3.8, 4) is 0 Å². The van der Waals surface area contributed by atoms with Gasteiger partial charge in [0.15, 0.2) is 0 Å². The Kier molecular flexibility index (Phi) is 5.16. The quantitative estimate of drug-likeness (QED) is 0.459. The summed E-state index contributed by atoms with van der Waals surface area (Å²) >= 11 is 7.36. The van der Waals surface area contributed by atoms with E-state index in [4.69, 9.17) is 16.0 Å². The Morgan fingerprint density at radius 2 is 2.12 bits per heavy atom. The first-order valence-corrected chi connectivity index (χ1v) is 8.63. The Hall–Kier alpha value is -2.64. The number of carbonyl (C=O) groups excluding carboxylic acids is 1. The molecule has 0 aliphatic carbocycles. The maximum absolute atomic E-state index is 12.9. The summed E-state index contributed by atoms with van der Waals surface area (Å²) < 4.78 is 5.33. The van der Waals surface area contributed by atoms with E-state index in [0.29, 0.717) is 12.3 Å². The molecule has 0 unspecified atom stereocenters. The van der Waals surface area contributed by atoms with Crippen LogP contribution in [0.3, 0.4) is 0 Å². The molecule has 3 aromatic rings. The number of halogens is 1. The molecular formula is C17H13ClN2O4S. The van der Waals surface area contributed by atoms with Crippen LogP contribution in [0.25, 0.3) is 0 Å². The highest BCUT2D eigenvalue weighted by atomic mass is 35.5. The molecule has 0 fully saturated rings. The van der Waals surface area contributed by atoms with Crippen molar-refractivity contribution < 1.29 is 14.1 Å². The molecule has 0 bridgehead atoms. The van der Waals surface area contributed by atoms with E-state index in [1.165, 1.54) is 35.8 Å². The molecule has 1 amide bonds. The third-order valence-corrected chi connectivity index (χ3v) is 4.61. The van der Waals surface area contributed by atoms with Crippen LogP contribution in [-0.2, 0) is 13.1 Å². The number of furan rings is 1. The SMILES string of the molecule is O=C(c1ccc(Cl)c([N+](=O)[O-])c1)N(Cc1ccsc1)Cc1ccco1. The molecule has 3 rings (SSSR count).